The minimum absolute atomic E-state index is 0.0763. The zero-order valence-electron chi connectivity index (χ0n) is 15.5. The number of rotatable bonds is 6. The van der Waals surface area contributed by atoms with E-state index in [9.17, 15) is 22.4 Å². The van der Waals surface area contributed by atoms with Crippen LogP contribution >= 0.6 is 11.6 Å². The molecule has 0 bridgehead atoms. The van der Waals surface area contributed by atoms with Crippen molar-refractivity contribution in [3.05, 3.63) is 52.8 Å². The predicted octanol–water partition coefficient (Wildman–Crippen LogP) is 2.70. The van der Waals surface area contributed by atoms with Gasteiger partial charge in [0.15, 0.2) is 0 Å². The van der Waals surface area contributed by atoms with Gasteiger partial charge in [0.05, 0.1) is 9.92 Å². The van der Waals surface area contributed by atoms with E-state index >= 15 is 0 Å². The van der Waals surface area contributed by atoms with E-state index < -0.39 is 21.7 Å². The van der Waals surface area contributed by atoms with Gasteiger partial charge in [-0.2, -0.15) is 0 Å². The SMILES string of the molecule is CC(=O)N1CCc2cc(S(=O)(=O)NCCC(=O)Nc3ccc(F)c(Cl)c3)ccc21. The Labute approximate surface area is 172 Å². The molecule has 0 aliphatic carbocycles. The summed E-state index contributed by atoms with van der Waals surface area (Å²) in [6.45, 7) is 1.88. The third-order valence-electron chi connectivity index (χ3n) is 4.48. The van der Waals surface area contributed by atoms with E-state index in [1.54, 1.807) is 17.0 Å². The van der Waals surface area contributed by atoms with Crippen molar-refractivity contribution in [2.24, 2.45) is 0 Å². The van der Waals surface area contributed by atoms with Crippen LogP contribution in [0.4, 0.5) is 15.8 Å². The topological polar surface area (TPSA) is 95.6 Å². The van der Waals surface area contributed by atoms with Gasteiger partial charge in [-0.3, -0.25) is 9.59 Å². The third kappa shape index (κ3) is 4.92. The van der Waals surface area contributed by atoms with Crippen LogP contribution in [0.5, 0.6) is 0 Å². The molecule has 0 fully saturated rings. The van der Waals surface area contributed by atoms with E-state index in [4.69, 9.17) is 11.6 Å². The molecule has 1 aliphatic heterocycles. The van der Waals surface area contributed by atoms with Gasteiger partial charge in [-0.1, -0.05) is 11.6 Å². The van der Waals surface area contributed by atoms with Gasteiger partial charge in [0, 0.05) is 37.8 Å². The van der Waals surface area contributed by atoms with Crippen molar-refractivity contribution in [2.75, 3.05) is 23.3 Å². The highest BCUT2D eigenvalue weighted by atomic mass is 35.5. The fourth-order valence-electron chi connectivity index (χ4n) is 3.05. The molecular weight excluding hydrogens is 421 g/mol. The van der Waals surface area contributed by atoms with Crippen LogP contribution in [0.3, 0.4) is 0 Å². The molecule has 0 saturated carbocycles. The highest BCUT2D eigenvalue weighted by Crippen LogP contribution is 2.30. The maximum atomic E-state index is 13.1. The minimum Gasteiger partial charge on any atom is -0.326 e. The molecule has 2 aromatic rings. The minimum atomic E-state index is -3.80. The van der Waals surface area contributed by atoms with E-state index in [2.05, 4.69) is 10.0 Å². The molecule has 29 heavy (non-hydrogen) atoms. The number of anilines is 2. The van der Waals surface area contributed by atoms with Crippen molar-refractivity contribution in [3.63, 3.8) is 0 Å². The quantitative estimate of drug-likeness (QED) is 0.723. The molecular formula is C19H19ClFN3O4S. The molecule has 1 aliphatic rings. The largest absolute Gasteiger partial charge is 0.326 e. The number of benzene rings is 2. The standard InChI is InChI=1S/C19H19ClFN3O4S/c1-12(25)24-9-7-13-10-15(3-5-18(13)24)29(27,28)22-8-6-19(26)23-14-2-4-17(21)16(20)11-14/h2-5,10-11,22H,6-9H2,1H3,(H,23,26). The molecule has 0 spiro atoms. The highest BCUT2D eigenvalue weighted by Gasteiger charge is 2.24. The maximum Gasteiger partial charge on any atom is 0.240 e. The lowest BCUT2D eigenvalue weighted by molar-refractivity contribution is -0.117. The number of hydrogen-bond acceptors (Lipinski definition) is 4. The molecule has 2 amide bonds. The summed E-state index contributed by atoms with van der Waals surface area (Å²) < 4.78 is 40.5. The van der Waals surface area contributed by atoms with E-state index in [0.717, 1.165) is 11.6 Å². The monoisotopic (exact) mass is 439 g/mol. The first-order chi connectivity index (χ1) is 13.7. The first kappa shape index (κ1) is 21.2. The van der Waals surface area contributed by atoms with E-state index in [-0.39, 0.29) is 28.8 Å². The summed E-state index contributed by atoms with van der Waals surface area (Å²) in [5, 5.41) is 2.40. The normalized spacial score (nSPS) is 13.3. The zero-order valence-corrected chi connectivity index (χ0v) is 17.1. The van der Waals surface area contributed by atoms with Gasteiger partial charge in [-0.25, -0.2) is 17.5 Å². The lowest BCUT2D eigenvalue weighted by Crippen LogP contribution is -2.28. The van der Waals surface area contributed by atoms with Crippen molar-refractivity contribution in [3.8, 4) is 0 Å². The van der Waals surface area contributed by atoms with Crippen molar-refractivity contribution in [2.45, 2.75) is 24.7 Å². The van der Waals surface area contributed by atoms with Crippen molar-refractivity contribution < 1.29 is 22.4 Å². The summed E-state index contributed by atoms with van der Waals surface area (Å²) in [4.78, 5) is 25.2. The Hall–Kier alpha value is -2.49. The van der Waals surface area contributed by atoms with Crippen LogP contribution in [0.15, 0.2) is 41.3 Å². The zero-order chi connectivity index (χ0) is 21.2. The second-order valence-corrected chi connectivity index (χ2v) is 8.71. The van der Waals surface area contributed by atoms with Gasteiger partial charge >= 0.3 is 0 Å². The van der Waals surface area contributed by atoms with Crippen LogP contribution in [-0.2, 0) is 26.0 Å². The molecule has 0 radical (unpaired) electrons. The highest BCUT2D eigenvalue weighted by molar-refractivity contribution is 7.89. The Morgan fingerprint density at radius 2 is 1.97 bits per heavy atom. The van der Waals surface area contributed by atoms with Crippen molar-refractivity contribution >= 4 is 44.8 Å². The average Bonchev–Trinajstić information content (AvgIpc) is 3.08. The van der Waals surface area contributed by atoms with Crippen molar-refractivity contribution in [1.29, 1.82) is 0 Å². The third-order valence-corrected chi connectivity index (χ3v) is 6.23. The van der Waals surface area contributed by atoms with Gasteiger partial charge in [-0.15, -0.1) is 0 Å². The Bertz CT molecular complexity index is 1080. The maximum absolute atomic E-state index is 13.1. The lowest BCUT2D eigenvalue weighted by atomic mass is 10.2. The number of fused-ring (bicyclic) bond motifs is 1. The Morgan fingerprint density at radius 3 is 2.66 bits per heavy atom. The molecule has 154 valence electrons. The summed E-state index contributed by atoms with van der Waals surface area (Å²) >= 11 is 5.66. The van der Waals surface area contributed by atoms with Gasteiger partial charge in [-0.05, 0) is 48.4 Å². The molecule has 1 heterocycles. The van der Waals surface area contributed by atoms with Gasteiger partial charge in [0.1, 0.15) is 5.82 Å². The van der Waals surface area contributed by atoms with Crippen LogP contribution in [0, 0.1) is 5.82 Å². The van der Waals surface area contributed by atoms with Gasteiger partial charge in [0.2, 0.25) is 21.8 Å². The fourth-order valence-corrected chi connectivity index (χ4v) is 4.31. The molecule has 2 N–H and O–H groups in total. The first-order valence-corrected chi connectivity index (χ1v) is 10.7. The first-order valence-electron chi connectivity index (χ1n) is 8.83. The van der Waals surface area contributed by atoms with E-state index in [1.807, 2.05) is 0 Å². The second kappa shape index (κ2) is 8.48. The summed E-state index contributed by atoms with van der Waals surface area (Å²) in [7, 11) is -3.80. The smallest absolute Gasteiger partial charge is 0.240 e. The number of nitrogens with zero attached hydrogens (tertiary/aromatic N) is 1. The number of halogens is 2. The van der Waals surface area contributed by atoms with Crippen molar-refractivity contribution in [1.82, 2.24) is 4.72 Å². The van der Waals surface area contributed by atoms with Crippen LogP contribution in [0.25, 0.3) is 0 Å². The Morgan fingerprint density at radius 1 is 1.21 bits per heavy atom. The number of carbonyl (C=O) groups is 2. The summed E-state index contributed by atoms with van der Waals surface area (Å²) in [6, 6.07) is 8.35. The van der Waals surface area contributed by atoms with Gasteiger partial charge < -0.3 is 10.2 Å². The predicted molar refractivity (Wildman–Crippen MR) is 108 cm³/mol. The number of carbonyl (C=O) groups excluding carboxylic acids is 2. The molecule has 0 aromatic heterocycles. The van der Waals surface area contributed by atoms with E-state index in [0.29, 0.717) is 24.3 Å². The molecule has 3 rings (SSSR count). The van der Waals surface area contributed by atoms with Crippen LogP contribution in [0.2, 0.25) is 5.02 Å². The molecule has 7 nitrogen and oxygen atoms in total. The number of hydrogen-bond donors (Lipinski definition) is 2. The number of sulfonamides is 1. The summed E-state index contributed by atoms with van der Waals surface area (Å²) in [5.41, 5.74) is 1.82. The fraction of sp³-hybridized carbons (Fsp3) is 0.263. The van der Waals surface area contributed by atoms with Crippen LogP contribution in [-0.4, -0.2) is 33.3 Å². The van der Waals surface area contributed by atoms with Crippen LogP contribution in [0.1, 0.15) is 18.9 Å². The van der Waals surface area contributed by atoms with Crippen LogP contribution < -0.4 is 14.9 Å². The van der Waals surface area contributed by atoms with Gasteiger partial charge in [0.25, 0.3) is 0 Å². The Kier molecular flexibility index (Phi) is 6.21. The molecule has 0 saturated heterocycles. The average molecular weight is 440 g/mol. The van der Waals surface area contributed by atoms with E-state index in [1.165, 1.54) is 25.1 Å². The second-order valence-electron chi connectivity index (χ2n) is 6.54. The molecule has 2 aromatic carbocycles. The number of nitrogens with one attached hydrogen (secondary N) is 2. The lowest BCUT2D eigenvalue weighted by Gasteiger charge is -2.15. The number of amides is 2. The molecule has 0 unspecified atom stereocenters. The Balaban J connectivity index is 1.58. The summed E-state index contributed by atoms with van der Waals surface area (Å²) in [5.74, 6) is -1.13. The summed E-state index contributed by atoms with van der Waals surface area (Å²) in [6.07, 6.45) is 0.470. The molecule has 10 heteroatoms. The molecule has 0 atom stereocenters.